The smallest absolute Gasteiger partial charge is 0.180 e. The predicted molar refractivity (Wildman–Crippen MR) is 217 cm³/mol. The molecule has 0 aliphatic heterocycles. The van der Waals surface area contributed by atoms with Crippen LogP contribution in [0.1, 0.15) is 0 Å². The van der Waals surface area contributed by atoms with E-state index in [-0.39, 0.29) is 0 Å². The highest BCUT2D eigenvalue weighted by atomic mass is 16.3. The minimum Gasteiger partial charge on any atom is -0.456 e. The maximum atomic E-state index is 6.69. The van der Waals surface area contributed by atoms with E-state index in [4.69, 9.17) is 18.8 Å². The lowest BCUT2D eigenvalue weighted by Gasteiger charge is -2.27. The highest BCUT2D eigenvalue weighted by Gasteiger charge is 2.22. The van der Waals surface area contributed by atoms with Gasteiger partial charge in [0.2, 0.25) is 0 Å². The molecule has 0 amide bonds. The van der Waals surface area contributed by atoms with E-state index in [1.807, 2.05) is 48.5 Å². The number of anilines is 3. The third kappa shape index (κ3) is 4.71. The van der Waals surface area contributed by atoms with E-state index in [0.717, 1.165) is 72.3 Å². The van der Waals surface area contributed by atoms with Crippen molar-refractivity contribution in [3.63, 3.8) is 0 Å². The minimum atomic E-state index is 0.619. The van der Waals surface area contributed by atoms with Gasteiger partial charge >= 0.3 is 0 Å². The normalized spacial score (nSPS) is 11.8. The zero-order chi connectivity index (χ0) is 34.9. The van der Waals surface area contributed by atoms with Crippen LogP contribution >= 0.6 is 0 Å². The first kappa shape index (κ1) is 29.5. The maximum absolute atomic E-state index is 6.69. The van der Waals surface area contributed by atoms with E-state index in [0.29, 0.717) is 11.4 Å². The molecule has 0 atom stereocenters. The Bertz CT molecular complexity index is 3190. The van der Waals surface area contributed by atoms with E-state index in [9.17, 15) is 0 Å². The Morgan fingerprint density at radius 2 is 1.13 bits per heavy atom. The Labute approximate surface area is 304 Å². The van der Waals surface area contributed by atoms with Gasteiger partial charge in [0, 0.05) is 50.1 Å². The van der Waals surface area contributed by atoms with Crippen LogP contribution in [0, 0.1) is 0 Å². The van der Waals surface area contributed by atoms with Crippen molar-refractivity contribution in [2.45, 2.75) is 0 Å². The summed E-state index contributed by atoms with van der Waals surface area (Å²) in [6.45, 7) is 0. The molecule has 5 nitrogen and oxygen atoms in total. The maximum Gasteiger partial charge on any atom is 0.180 e. The molecule has 0 saturated carbocycles. The van der Waals surface area contributed by atoms with Gasteiger partial charge in [-0.25, -0.2) is 9.97 Å². The lowest BCUT2D eigenvalue weighted by molar-refractivity contribution is 0.667. The quantitative estimate of drug-likeness (QED) is 0.181. The van der Waals surface area contributed by atoms with Crippen molar-refractivity contribution < 1.29 is 8.83 Å². The van der Waals surface area contributed by atoms with Crippen LogP contribution in [-0.4, -0.2) is 9.97 Å². The van der Waals surface area contributed by atoms with Gasteiger partial charge in [-0.15, -0.1) is 0 Å². The molecule has 248 valence electrons. The summed E-state index contributed by atoms with van der Waals surface area (Å²) in [5, 5.41) is 7.67. The van der Waals surface area contributed by atoms with Gasteiger partial charge in [0.15, 0.2) is 11.4 Å². The summed E-state index contributed by atoms with van der Waals surface area (Å²) in [6, 6.07) is 61.0. The minimum absolute atomic E-state index is 0.619. The largest absolute Gasteiger partial charge is 0.456 e. The van der Waals surface area contributed by atoms with Gasteiger partial charge in [-0.1, -0.05) is 121 Å². The van der Waals surface area contributed by atoms with Crippen molar-refractivity contribution in [3.8, 4) is 22.6 Å². The molecule has 5 heteroatoms. The highest BCUT2D eigenvalue weighted by molar-refractivity contribution is 6.14. The zero-order valence-corrected chi connectivity index (χ0v) is 28.4. The summed E-state index contributed by atoms with van der Waals surface area (Å²) >= 11 is 0. The summed E-state index contributed by atoms with van der Waals surface area (Å²) in [6.07, 6.45) is 0. The molecular formula is C48H29N3O2. The monoisotopic (exact) mass is 679 g/mol. The Kier molecular flexibility index (Phi) is 6.48. The number of benzene rings is 8. The van der Waals surface area contributed by atoms with Crippen LogP contribution in [-0.2, 0) is 0 Å². The number of para-hydroxylation sites is 1. The number of aromatic nitrogens is 2. The molecule has 0 N–H and O–H groups in total. The first-order chi connectivity index (χ1) is 26.3. The fourth-order valence-corrected chi connectivity index (χ4v) is 7.79. The summed E-state index contributed by atoms with van der Waals surface area (Å²) in [7, 11) is 0. The molecule has 11 rings (SSSR count). The second-order valence-electron chi connectivity index (χ2n) is 13.4. The average Bonchev–Trinajstić information content (AvgIpc) is 3.79. The molecule has 8 aromatic carbocycles. The average molecular weight is 680 g/mol. The second kappa shape index (κ2) is 11.7. The van der Waals surface area contributed by atoms with Gasteiger partial charge in [0.25, 0.3) is 0 Å². The molecular weight excluding hydrogens is 651 g/mol. The van der Waals surface area contributed by atoms with Crippen molar-refractivity contribution >= 4 is 82.6 Å². The second-order valence-corrected chi connectivity index (χ2v) is 13.4. The molecule has 3 aromatic heterocycles. The van der Waals surface area contributed by atoms with Crippen molar-refractivity contribution in [1.82, 2.24) is 9.97 Å². The van der Waals surface area contributed by atoms with Crippen LogP contribution < -0.4 is 4.90 Å². The first-order valence-electron chi connectivity index (χ1n) is 17.7. The van der Waals surface area contributed by atoms with Gasteiger partial charge in [-0.05, 0) is 64.7 Å². The van der Waals surface area contributed by atoms with E-state index < -0.39 is 0 Å². The number of hydrogen-bond acceptors (Lipinski definition) is 5. The zero-order valence-electron chi connectivity index (χ0n) is 28.4. The molecule has 3 heterocycles. The SMILES string of the molecule is c1ccc(-c2nc(-c3cccc4oc5cc(N(c6ccc7ccccc7c6)c6cccc7ccccc67)ccc5c34)nc3c2oc2ccccc23)cc1. The van der Waals surface area contributed by atoms with Crippen molar-refractivity contribution in [1.29, 1.82) is 0 Å². The summed E-state index contributed by atoms with van der Waals surface area (Å²) < 4.78 is 13.1. The van der Waals surface area contributed by atoms with Crippen molar-refractivity contribution in [2.24, 2.45) is 0 Å². The molecule has 0 saturated heterocycles. The van der Waals surface area contributed by atoms with Crippen LogP contribution in [0.25, 0.3) is 88.2 Å². The predicted octanol–water partition coefficient (Wildman–Crippen LogP) is 13.4. The summed E-state index contributed by atoms with van der Waals surface area (Å²) in [5.74, 6) is 0.619. The Hall–Kier alpha value is -7.24. The fraction of sp³-hybridized carbons (Fsp3) is 0. The van der Waals surface area contributed by atoms with Crippen LogP contribution in [0.5, 0.6) is 0 Å². The molecule has 0 radical (unpaired) electrons. The van der Waals surface area contributed by atoms with Crippen LogP contribution in [0.15, 0.2) is 185 Å². The standard InChI is InChI=1S/C48H29N3O2/c1-2-14-32(15-3-1)45-47-46(38-19-8-9-22-41(38)53-47)50-48(49-45)39-20-11-23-42-44(39)37-27-26-35(29-43(37)52-42)51(34-25-24-30-12-4-5-16-33(30)28-34)40-21-10-17-31-13-6-7-18-36(31)40/h1-29H. The number of nitrogens with zero attached hydrogens (tertiary/aromatic N) is 3. The third-order valence-electron chi connectivity index (χ3n) is 10.2. The summed E-state index contributed by atoms with van der Waals surface area (Å²) in [5.41, 5.74) is 9.61. The van der Waals surface area contributed by atoms with Crippen LogP contribution in [0.4, 0.5) is 17.1 Å². The van der Waals surface area contributed by atoms with Gasteiger partial charge < -0.3 is 13.7 Å². The molecule has 0 bridgehead atoms. The number of fused-ring (bicyclic) bond motifs is 8. The van der Waals surface area contributed by atoms with E-state index >= 15 is 0 Å². The molecule has 0 aliphatic carbocycles. The van der Waals surface area contributed by atoms with Crippen molar-refractivity contribution in [2.75, 3.05) is 4.90 Å². The van der Waals surface area contributed by atoms with Gasteiger partial charge in [-0.2, -0.15) is 0 Å². The molecule has 0 unspecified atom stereocenters. The fourth-order valence-electron chi connectivity index (χ4n) is 7.79. The molecule has 0 fully saturated rings. The number of hydrogen-bond donors (Lipinski definition) is 0. The van der Waals surface area contributed by atoms with Gasteiger partial charge in [-0.3, -0.25) is 0 Å². The first-order valence-corrected chi connectivity index (χ1v) is 17.7. The Morgan fingerprint density at radius 3 is 2.04 bits per heavy atom. The molecule has 0 spiro atoms. The highest BCUT2D eigenvalue weighted by Crippen LogP contribution is 2.44. The number of furan rings is 2. The third-order valence-corrected chi connectivity index (χ3v) is 10.2. The van der Waals surface area contributed by atoms with Gasteiger partial charge in [0.05, 0.1) is 5.69 Å². The number of rotatable bonds is 5. The molecule has 0 aliphatic rings. The Balaban J connectivity index is 1.13. The van der Waals surface area contributed by atoms with Crippen LogP contribution in [0.3, 0.4) is 0 Å². The van der Waals surface area contributed by atoms with Crippen molar-refractivity contribution in [3.05, 3.63) is 176 Å². The van der Waals surface area contributed by atoms with E-state index in [1.54, 1.807) is 0 Å². The van der Waals surface area contributed by atoms with E-state index in [2.05, 4.69) is 132 Å². The van der Waals surface area contributed by atoms with Gasteiger partial charge in [0.1, 0.15) is 28.0 Å². The molecule has 53 heavy (non-hydrogen) atoms. The van der Waals surface area contributed by atoms with E-state index in [1.165, 1.54) is 21.5 Å². The topological polar surface area (TPSA) is 55.3 Å². The Morgan fingerprint density at radius 1 is 0.434 bits per heavy atom. The van der Waals surface area contributed by atoms with Crippen LogP contribution in [0.2, 0.25) is 0 Å². The lowest BCUT2D eigenvalue weighted by atomic mass is 10.0. The molecule has 11 aromatic rings. The lowest BCUT2D eigenvalue weighted by Crippen LogP contribution is -2.10. The summed E-state index contributed by atoms with van der Waals surface area (Å²) in [4.78, 5) is 12.7.